The number of nitrogens with zero attached hydrogens (tertiary/aromatic N) is 2. The van der Waals surface area contributed by atoms with Crippen LogP contribution in [-0.2, 0) is 0 Å². The summed E-state index contributed by atoms with van der Waals surface area (Å²) >= 11 is 0. The quantitative estimate of drug-likeness (QED) is 0.771. The van der Waals surface area contributed by atoms with Crippen LogP contribution in [0, 0.1) is 11.3 Å². The number of hydrogen-bond donors (Lipinski definition) is 1. The van der Waals surface area contributed by atoms with E-state index in [0.29, 0.717) is 5.57 Å². The second-order valence-electron chi connectivity index (χ2n) is 5.08. The van der Waals surface area contributed by atoms with Gasteiger partial charge in [-0.25, -0.2) is 0 Å². The Hall–Kier alpha value is -1.79. The lowest BCUT2D eigenvalue weighted by atomic mass is 10.1. The van der Waals surface area contributed by atoms with Gasteiger partial charge in [0.25, 0.3) is 0 Å². The summed E-state index contributed by atoms with van der Waals surface area (Å²) in [5.41, 5.74) is 8.63. The molecule has 3 nitrogen and oxygen atoms in total. The van der Waals surface area contributed by atoms with E-state index in [1.165, 1.54) is 5.69 Å². The first-order chi connectivity index (χ1) is 9.62. The number of hydrogen-bond acceptors (Lipinski definition) is 3. The van der Waals surface area contributed by atoms with Crippen molar-refractivity contribution >= 4 is 11.8 Å². The molecule has 0 radical (unpaired) electrons. The molecule has 0 aliphatic rings. The Morgan fingerprint density at radius 1 is 1.25 bits per heavy atom. The largest absolute Gasteiger partial charge is 0.372 e. The van der Waals surface area contributed by atoms with Gasteiger partial charge in [0, 0.05) is 30.4 Å². The highest BCUT2D eigenvalue weighted by atomic mass is 15.1. The summed E-state index contributed by atoms with van der Waals surface area (Å²) in [5.74, 6) is 0. The highest BCUT2D eigenvalue weighted by Gasteiger charge is 2.05. The van der Waals surface area contributed by atoms with Gasteiger partial charge in [-0.3, -0.25) is 0 Å². The van der Waals surface area contributed by atoms with E-state index in [1.54, 1.807) is 0 Å². The Balaban J connectivity index is 2.90. The molecule has 20 heavy (non-hydrogen) atoms. The predicted molar refractivity (Wildman–Crippen MR) is 86.5 cm³/mol. The third-order valence-electron chi connectivity index (χ3n) is 3.19. The van der Waals surface area contributed by atoms with E-state index in [-0.39, 0.29) is 6.04 Å². The number of nitriles is 1. The minimum atomic E-state index is -0.226. The lowest BCUT2D eigenvalue weighted by Crippen LogP contribution is -2.24. The molecule has 0 bridgehead atoms. The minimum absolute atomic E-state index is 0.226. The fourth-order valence-corrected chi connectivity index (χ4v) is 2.14. The molecule has 108 valence electrons. The van der Waals surface area contributed by atoms with E-state index in [1.807, 2.05) is 25.1 Å². The van der Waals surface area contributed by atoms with E-state index < -0.39 is 0 Å². The summed E-state index contributed by atoms with van der Waals surface area (Å²) in [7, 11) is 0. The van der Waals surface area contributed by atoms with Crippen molar-refractivity contribution in [3.8, 4) is 6.07 Å². The SMILES string of the molecule is CCCN(CCC)c1ccc(/C=C(\C#N)C(C)N)cc1. The fraction of sp³-hybridized carbons (Fsp3) is 0.471. The van der Waals surface area contributed by atoms with Crippen LogP contribution in [0.25, 0.3) is 6.08 Å². The maximum atomic E-state index is 9.03. The summed E-state index contributed by atoms with van der Waals surface area (Å²) in [5, 5.41) is 9.03. The van der Waals surface area contributed by atoms with Crippen LogP contribution < -0.4 is 10.6 Å². The zero-order valence-electron chi connectivity index (χ0n) is 12.8. The summed E-state index contributed by atoms with van der Waals surface area (Å²) in [6.07, 6.45) is 4.15. The summed E-state index contributed by atoms with van der Waals surface area (Å²) in [4.78, 5) is 2.39. The molecule has 0 aliphatic carbocycles. The van der Waals surface area contributed by atoms with Crippen molar-refractivity contribution in [1.29, 1.82) is 5.26 Å². The Labute approximate surface area is 122 Å². The van der Waals surface area contributed by atoms with Gasteiger partial charge in [0.05, 0.1) is 6.07 Å². The molecule has 2 N–H and O–H groups in total. The van der Waals surface area contributed by atoms with E-state index >= 15 is 0 Å². The molecule has 1 unspecified atom stereocenters. The molecule has 0 amide bonds. The van der Waals surface area contributed by atoms with Crippen molar-refractivity contribution in [1.82, 2.24) is 0 Å². The smallest absolute Gasteiger partial charge is 0.0963 e. The van der Waals surface area contributed by atoms with Crippen molar-refractivity contribution in [2.45, 2.75) is 39.7 Å². The van der Waals surface area contributed by atoms with Gasteiger partial charge in [0.1, 0.15) is 0 Å². The highest BCUT2D eigenvalue weighted by Crippen LogP contribution is 2.18. The van der Waals surface area contributed by atoms with Crippen molar-refractivity contribution in [3.05, 3.63) is 35.4 Å². The van der Waals surface area contributed by atoms with Crippen LogP contribution in [-0.4, -0.2) is 19.1 Å². The van der Waals surface area contributed by atoms with Crippen LogP contribution in [0.5, 0.6) is 0 Å². The molecular weight excluding hydrogens is 246 g/mol. The van der Waals surface area contributed by atoms with E-state index in [9.17, 15) is 0 Å². The topological polar surface area (TPSA) is 53.0 Å². The first kappa shape index (κ1) is 16.3. The second-order valence-corrected chi connectivity index (χ2v) is 5.08. The molecule has 1 rings (SSSR count). The van der Waals surface area contributed by atoms with Crippen LogP contribution >= 0.6 is 0 Å². The molecule has 0 saturated heterocycles. The van der Waals surface area contributed by atoms with Crippen molar-refractivity contribution < 1.29 is 0 Å². The standard InChI is InChI=1S/C17H25N3/c1-4-10-20(11-5-2)17-8-6-15(7-9-17)12-16(13-18)14(3)19/h6-9,12,14H,4-5,10-11,19H2,1-3H3/b16-12+. The minimum Gasteiger partial charge on any atom is -0.372 e. The van der Waals surface area contributed by atoms with Gasteiger partial charge in [-0.15, -0.1) is 0 Å². The zero-order chi connectivity index (χ0) is 15.0. The molecule has 0 fully saturated rings. The van der Waals surface area contributed by atoms with Crippen LogP contribution in [0.15, 0.2) is 29.8 Å². The van der Waals surface area contributed by atoms with Crippen LogP contribution in [0.4, 0.5) is 5.69 Å². The highest BCUT2D eigenvalue weighted by molar-refractivity contribution is 5.61. The average molecular weight is 271 g/mol. The Morgan fingerprint density at radius 3 is 2.20 bits per heavy atom. The molecule has 1 aromatic rings. The average Bonchev–Trinajstić information content (AvgIpc) is 2.45. The van der Waals surface area contributed by atoms with E-state index in [0.717, 1.165) is 31.5 Å². The maximum Gasteiger partial charge on any atom is 0.0963 e. The van der Waals surface area contributed by atoms with Crippen molar-refractivity contribution in [2.24, 2.45) is 5.73 Å². The first-order valence-electron chi connectivity index (χ1n) is 7.34. The molecule has 3 heteroatoms. The van der Waals surface area contributed by atoms with Crippen LogP contribution in [0.3, 0.4) is 0 Å². The number of anilines is 1. The maximum absolute atomic E-state index is 9.03. The van der Waals surface area contributed by atoms with Crippen LogP contribution in [0.1, 0.15) is 39.2 Å². The molecule has 0 aliphatic heterocycles. The van der Waals surface area contributed by atoms with Gasteiger partial charge >= 0.3 is 0 Å². The first-order valence-corrected chi connectivity index (χ1v) is 7.34. The van der Waals surface area contributed by atoms with Gasteiger partial charge in [0.2, 0.25) is 0 Å². The summed E-state index contributed by atoms with van der Waals surface area (Å²) in [6.45, 7) is 8.37. The van der Waals surface area contributed by atoms with Crippen molar-refractivity contribution in [3.63, 3.8) is 0 Å². The number of nitrogens with two attached hydrogens (primary N) is 1. The Bertz CT molecular complexity index is 460. The second kappa shape index (κ2) is 8.39. The summed E-state index contributed by atoms with van der Waals surface area (Å²) in [6, 6.07) is 10.3. The molecule has 1 atom stereocenters. The lowest BCUT2D eigenvalue weighted by Gasteiger charge is -2.23. The van der Waals surface area contributed by atoms with Gasteiger partial charge < -0.3 is 10.6 Å². The van der Waals surface area contributed by atoms with Gasteiger partial charge in [-0.2, -0.15) is 5.26 Å². The van der Waals surface area contributed by atoms with Crippen LogP contribution in [0.2, 0.25) is 0 Å². The molecule has 0 saturated carbocycles. The molecule has 0 spiro atoms. The summed E-state index contributed by atoms with van der Waals surface area (Å²) < 4.78 is 0. The zero-order valence-corrected chi connectivity index (χ0v) is 12.8. The van der Waals surface area contributed by atoms with Gasteiger partial charge in [-0.1, -0.05) is 26.0 Å². The third-order valence-corrected chi connectivity index (χ3v) is 3.19. The molecule has 1 aromatic carbocycles. The van der Waals surface area contributed by atoms with Crippen molar-refractivity contribution in [2.75, 3.05) is 18.0 Å². The van der Waals surface area contributed by atoms with E-state index in [4.69, 9.17) is 11.0 Å². The predicted octanol–water partition coefficient (Wildman–Crippen LogP) is 3.57. The monoisotopic (exact) mass is 271 g/mol. The van der Waals surface area contributed by atoms with E-state index in [2.05, 4.69) is 36.9 Å². The molecule has 0 aromatic heterocycles. The fourth-order valence-electron chi connectivity index (χ4n) is 2.14. The Kier molecular flexibility index (Phi) is 6.83. The third kappa shape index (κ3) is 4.71. The molecular formula is C17H25N3. The van der Waals surface area contributed by atoms with Gasteiger partial charge in [0.15, 0.2) is 0 Å². The Morgan fingerprint density at radius 2 is 1.80 bits per heavy atom. The number of rotatable bonds is 7. The lowest BCUT2D eigenvalue weighted by molar-refractivity contribution is 0.745. The normalized spacial score (nSPS) is 12.8. The number of benzene rings is 1. The van der Waals surface area contributed by atoms with Gasteiger partial charge in [-0.05, 0) is 43.5 Å². The molecule has 0 heterocycles.